The molecule has 1 aliphatic rings. The highest BCUT2D eigenvalue weighted by atomic mass is 19.1. The molecule has 3 nitrogen and oxygen atoms in total. The Balaban J connectivity index is 2.47. The normalized spacial score (nSPS) is 19.7. The molecule has 1 aliphatic heterocycles. The Hall–Kier alpha value is -1.36. The number of aliphatic hydroxyl groups excluding tert-OH is 1. The number of likely N-dealkylation sites (N-methyl/N-ethyl adjacent to an activating group) is 1. The van der Waals surface area contributed by atoms with Crippen LogP contribution in [0.4, 0.5) is 14.5 Å². The van der Waals surface area contributed by atoms with Gasteiger partial charge < -0.3 is 14.7 Å². The molecule has 1 atom stereocenters. The van der Waals surface area contributed by atoms with Crippen molar-refractivity contribution in [3.63, 3.8) is 0 Å². The first-order chi connectivity index (χ1) is 7.13. The van der Waals surface area contributed by atoms with Gasteiger partial charge >= 0.3 is 0 Å². The van der Waals surface area contributed by atoms with Crippen LogP contribution in [-0.4, -0.2) is 31.4 Å². The zero-order valence-corrected chi connectivity index (χ0v) is 8.20. The third-order valence-electron chi connectivity index (χ3n) is 2.54. The maximum Gasteiger partial charge on any atom is 0.153 e. The molecule has 1 N–H and O–H groups in total. The zero-order chi connectivity index (χ0) is 11.0. The fourth-order valence-electron chi connectivity index (χ4n) is 1.65. The Kier molecular flexibility index (Phi) is 2.48. The second-order valence-corrected chi connectivity index (χ2v) is 3.49. The highest BCUT2D eigenvalue weighted by Gasteiger charge is 2.27. The molecule has 82 valence electrons. The van der Waals surface area contributed by atoms with Crippen LogP contribution < -0.4 is 9.64 Å². The molecule has 0 bridgehead atoms. The zero-order valence-electron chi connectivity index (χ0n) is 8.20. The number of nitrogens with zero attached hydrogens (tertiary/aromatic N) is 1. The van der Waals surface area contributed by atoms with Crippen molar-refractivity contribution in [2.45, 2.75) is 6.04 Å². The van der Waals surface area contributed by atoms with E-state index in [1.807, 2.05) is 0 Å². The van der Waals surface area contributed by atoms with Gasteiger partial charge in [-0.05, 0) is 0 Å². The minimum Gasteiger partial charge on any atom is -0.489 e. The average Bonchev–Trinajstić information content (AvgIpc) is 2.17. The predicted octanol–water partition coefficient (Wildman–Crippen LogP) is 1.15. The molecule has 2 rings (SSSR count). The first-order valence-electron chi connectivity index (χ1n) is 4.59. The molecule has 0 saturated carbocycles. The second-order valence-electron chi connectivity index (χ2n) is 3.49. The monoisotopic (exact) mass is 215 g/mol. The number of rotatable bonds is 1. The first-order valence-corrected chi connectivity index (χ1v) is 4.59. The molecule has 0 aliphatic carbocycles. The Labute approximate surface area is 85.9 Å². The molecule has 0 fully saturated rings. The van der Waals surface area contributed by atoms with Crippen molar-refractivity contribution < 1.29 is 18.6 Å². The minimum atomic E-state index is -0.675. The summed E-state index contributed by atoms with van der Waals surface area (Å²) >= 11 is 0. The van der Waals surface area contributed by atoms with Gasteiger partial charge in [0.05, 0.1) is 12.6 Å². The van der Waals surface area contributed by atoms with E-state index in [0.29, 0.717) is 0 Å². The number of anilines is 1. The van der Waals surface area contributed by atoms with E-state index in [2.05, 4.69) is 0 Å². The number of hydrogen-bond donors (Lipinski definition) is 1. The quantitative estimate of drug-likeness (QED) is 0.762. The molecular formula is C10H11F2NO2. The van der Waals surface area contributed by atoms with Crippen molar-refractivity contribution in [1.82, 2.24) is 0 Å². The van der Waals surface area contributed by atoms with Gasteiger partial charge in [0.25, 0.3) is 0 Å². The van der Waals surface area contributed by atoms with Crippen LogP contribution in [0.1, 0.15) is 0 Å². The third kappa shape index (κ3) is 1.63. The van der Waals surface area contributed by atoms with Gasteiger partial charge in [0.2, 0.25) is 0 Å². The van der Waals surface area contributed by atoms with Crippen molar-refractivity contribution >= 4 is 5.69 Å². The molecule has 15 heavy (non-hydrogen) atoms. The Bertz CT molecular complexity index is 384. The molecule has 5 heteroatoms. The first kappa shape index (κ1) is 10.2. The highest BCUT2D eigenvalue weighted by Crippen LogP contribution is 2.35. The van der Waals surface area contributed by atoms with Crippen LogP contribution in [0, 0.1) is 11.6 Å². The van der Waals surface area contributed by atoms with Gasteiger partial charge in [-0.15, -0.1) is 0 Å². The molecule has 0 spiro atoms. The van der Waals surface area contributed by atoms with Gasteiger partial charge in [0.1, 0.15) is 23.9 Å². The fourth-order valence-corrected chi connectivity index (χ4v) is 1.65. The van der Waals surface area contributed by atoms with E-state index in [4.69, 9.17) is 9.84 Å². The molecular weight excluding hydrogens is 204 g/mol. The number of halogens is 2. The van der Waals surface area contributed by atoms with Crippen molar-refractivity contribution in [2.75, 3.05) is 25.2 Å². The average molecular weight is 215 g/mol. The van der Waals surface area contributed by atoms with Crippen LogP contribution >= 0.6 is 0 Å². The molecule has 1 unspecified atom stereocenters. The van der Waals surface area contributed by atoms with Crippen LogP contribution in [0.2, 0.25) is 0 Å². The van der Waals surface area contributed by atoms with Gasteiger partial charge in [-0.2, -0.15) is 0 Å². The number of hydrogen-bond acceptors (Lipinski definition) is 3. The summed E-state index contributed by atoms with van der Waals surface area (Å²) in [4.78, 5) is 1.56. The number of benzene rings is 1. The Morgan fingerprint density at radius 1 is 1.53 bits per heavy atom. The van der Waals surface area contributed by atoms with Crippen LogP contribution in [0.15, 0.2) is 12.1 Å². The van der Waals surface area contributed by atoms with Crippen molar-refractivity contribution in [2.24, 2.45) is 0 Å². The molecule has 0 aromatic heterocycles. The van der Waals surface area contributed by atoms with Gasteiger partial charge in [0, 0.05) is 19.2 Å². The SMILES string of the molecule is CN1c2c(F)cc(F)cc2OCC1CO. The number of aliphatic hydroxyl groups is 1. The van der Waals surface area contributed by atoms with E-state index in [1.54, 1.807) is 11.9 Å². The summed E-state index contributed by atoms with van der Waals surface area (Å²) in [7, 11) is 1.64. The summed E-state index contributed by atoms with van der Waals surface area (Å²) in [5, 5.41) is 9.01. The summed E-state index contributed by atoms with van der Waals surface area (Å²) in [5.74, 6) is -1.16. The molecule has 1 heterocycles. The molecule has 1 aromatic carbocycles. The molecule has 0 saturated heterocycles. The van der Waals surface area contributed by atoms with Gasteiger partial charge in [-0.1, -0.05) is 0 Å². The van der Waals surface area contributed by atoms with Crippen LogP contribution in [0.3, 0.4) is 0 Å². The van der Waals surface area contributed by atoms with Crippen molar-refractivity contribution in [3.8, 4) is 5.75 Å². The summed E-state index contributed by atoms with van der Waals surface area (Å²) in [6.45, 7) is 0.0929. The van der Waals surface area contributed by atoms with Gasteiger partial charge in [-0.25, -0.2) is 8.78 Å². The van der Waals surface area contributed by atoms with Crippen molar-refractivity contribution in [1.29, 1.82) is 0 Å². The topological polar surface area (TPSA) is 32.7 Å². The lowest BCUT2D eigenvalue weighted by atomic mass is 10.1. The Morgan fingerprint density at radius 3 is 2.93 bits per heavy atom. The summed E-state index contributed by atoms with van der Waals surface area (Å²) < 4.78 is 31.5. The molecule has 0 amide bonds. The van der Waals surface area contributed by atoms with E-state index < -0.39 is 11.6 Å². The summed E-state index contributed by atoms with van der Waals surface area (Å²) in [5.41, 5.74) is 0.196. The second kappa shape index (κ2) is 3.66. The van der Waals surface area contributed by atoms with E-state index in [9.17, 15) is 8.78 Å². The Morgan fingerprint density at radius 2 is 2.27 bits per heavy atom. The lowest BCUT2D eigenvalue weighted by Gasteiger charge is -2.34. The third-order valence-corrected chi connectivity index (χ3v) is 2.54. The highest BCUT2D eigenvalue weighted by molar-refractivity contribution is 5.61. The van der Waals surface area contributed by atoms with Crippen LogP contribution in [0.25, 0.3) is 0 Å². The smallest absolute Gasteiger partial charge is 0.153 e. The van der Waals surface area contributed by atoms with Crippen LogP contribution in [0.5, 0.6) is 5.75 Å². The minimum absolute atomic E-state index is 0.132. The van der Waals surface area contributed by atoms with E-state index in [1.165, 1.54) is 0 Å². The molecule has 0 radical (unpaired) electrons. The molecule has 1 aromatic rings. The maximum absolute atomic E-state index is 13.4. The van der Waals surface area contributed by atoms with E-state index in [-0.39, 0.29) is 30.7 Å². The van der Waals surface area contributed by atoms with Gasteiger partial charge in [-0.3, -0.25) is 0 Å². The summed E-state index contributed by atoms with van der Waals surface area (Å²) in [6, 6.07) is 1.65. The maximum atomic E-state index is 13.4. The van der Waals surface area contributed by atoms with E-state index in [0.717, 1.165) is 12.1 Å². The lowest BCUT2D eigenvalue weighted by molar-refractivity contribution is 0.189. The standard InChI is InChI=1S/C10H11F2NO2/c1-13-7(4-14)5-15-9-3-6(11)2-8(12)10(9)13/h2-3,7,14H,4-5H2,1H3. The lowest BCUT2D eigenvalue weighted by Crippen LogP contribution is -2.43. The number of fused-ring (bicyclic) bond motifs is 1. The van der Waals surface area contributed by atoms with E-state index >= 15 is 0 Å². The van der Waals surface area contributed by atoms with Gasteiger partial charge in [0.15, 0.2) is 5.82 Å². The fraction of sp³-hybridized carbons (Fsp3) is 0.400. The van der Waals surface area contributed by atoms with Crippen LogP contribution in [-0.2, 0) is 0 Å². The number of ether oxygens (including phenoxy) is 1. The largest absolute Gasteiger partial charge is 0.489 e. The summed E-state index contributed by atoms with van der Waals surface area (Å²) in [6.07, 6.45) is 0. The predicted molar refractivity (Wildman–Crippen MR) is 51.1 cm³/mol. The van der Waals surface area contributed by atoms with Crippen molar-refractivity contribution in [3.05, 3.63) is 23.8 Å².